The molecule has 2 fully saturated rings. The number of aromatic nitrogens is 2. The fourth-order valence-corrected chi connectivity index (χ4v) is 3.61. The number of piperazine rings is 1. The number of hydrogen-bond donors (Lipinski definition) is 1. The van der Waals surface area contributed by atoms with E-state index in [2.05, 4.69) is 25.3 Å². The van der Waals surface area contributed by atoms with Gasteiger partial charge in [0.2, 0.25) is 0 Å². The van der Waals surface area contributed by atoms with Gasteiger partial charge in [-0.3, -0.25) is 9.80 Å². The summed E-state index contributed by atoms with van der Waals surface area (Å²) >= 11 is 1.62. The van der Waals surface area contributed by atoms with E-state index in [0.29, 0.717) is 11.9 Å². The molecule has 0 atom stereocenters. The minimum atomic E-state index is 0.638. The van der Waals surface area contributed by atoms with Gasteiger partial charge >= 0.3 is 0 Å². The van der Waals surface area contributed by atoms with Crippen molar-refractivity contribution in [1.29, 1.82) is 0 Å². The summed E-state index contributed by atoms with van der Waals surface area (Å²) < 4.78 is 5.33. The molecule has 6 nitrogen and oxygen atoms in total. The molecule has 112 valence electrons. The van der Waals surface area contributed by atoms with Crippen molar-refractivity contribution in [3.8, 4) is 10.8 Å². The second-order valence-corrected chi connectivity index (χ2v) is 6.57. The molecule has 0 amide bonds. The third kappa shape index (κ3) is 2.87. The number of nitrogens with one attached hydrogen (secondary N) is 1. The quantitative estimate of drug-likeness (QED) is 0.905. The van der Waals surface area contributed by atoms with Crippen LogP contribution in [-0.2, 0) is 6.54 Å². The number of hydrogen-bond acceptors (Lipinski definition) is 7. The lowest BCUT2D eigenvalue weighted by Crippen LogP contribution is -2.62. The van der Waals surface area contributed by atoms with Crippen molar-refractivity contribution in [2.45, 2.75) is 12.6 Å². The summed E-state index contributed by atoms with van der Waals surface area (Å²) in [6.45, 7) is 7.59. The van der Waals surface area contributed by atoms with Crippen LogP contribution in [0.4, 0.5) is 0 Å². The maximum absolute atomic E-state index is 5.33. The Bertz CT molecular complexity index is 572. The van der Waals surface area contributed by atoms with Crippen LogP contribution in [0, 0.1) is 0 Å². The maximum atomic E-state index is 5.33. The number of nitrogens with zero attached hydrogens (tertiary/aromatic N) is 4. The van der Waals surface area contributed by atoms with Gasteiger partial charge in [0.25, 0.3) is 5.89 Å². The van der Waals surface area contributed by atoms with Gasteiger partial charge in [-0.05, 0) is 11.4 Å². The predicted octanol–water partition coefficient (Wildman–Crippen LogP) is 0.887. The second-order valence-electron chi connectivity index (χ2n) is 5.63. The monoisotopic (exact) mass is 305 g/mol. The number of rotatable bonds is 4. The zero-order valence-electron chi connectivity index (χ0n) is 11.9. The van der Waals surface area contributed by atoms with Crippen LogP contribution in [0.2, 0.25) is 0 Å². The highest BCUT2D eigenvalue weighted by atomic mass is 32.1. The van der Waals surface area contributed by atoms with Gasteiger partial charge in [-0.15, -0.1) is 11.3 Å². The molecule has 21 heavy (non-hydrogen) atoms. The van der Waals surface area contributed by atoms with Gasteiger partial charge in [-0.25, -0.2) is 0 Å². The van der Waals surface area contributed by atoms with Crippen LogP contribution in [0.25, 0.3) is 10.8 Å². The second kappa shape index (κ2) is 5.84. The highest BCUT2D eigenvalue weighted by molar-refractivity contribution is 7.13. The lowest BCUT2D eigenvalue weighted by molar-refractivity contribution is 0.0204. The summed E-state index contributed by atoms with van der Waals surface area (Å²) in [6, 6.07) is 4.71. The Balaban J connectivity index is 1.30. The van der Waals surface area contributed by atoms with Gasteiger partial charge in [-0.1, -0.05) is 11.2 Å². The molecule has 0 aromatic carbocycles. The Hall–Kier alpha value is -1.28. The normalized spacial score (nSPS) is 21.5. The van der Waals surface area contributed by atoms with E-state index >= 15 is 0 Å². The summed E-state index contributed by atoms with van der Waals surface area (Å²) in [5.41, 5.74) is 0. The van der Waals surface area contributed by atoms with Crippen LogP contribution >= 0.6 is 11.3 Å². The average molecular weight is 305 g/mol. The number of thiophene rings is 1. The predicted molar refractivity (Wildman–Crippen MR) is 81.1 cm³/mol. The van der Waals surface area contributed by atoms with Gasteiger partial charge in [0, 0.05) is 45.3 Å². The van der Waals surface area contributed by atoms with E-state index in [1.807, 2.05) is 17.5 Å². The molecule has 4 heterocycles. The highest BCUT2D eigenvalue weighted by Gasteiger charge is 2.32. The molecule has 0 spiro atoms. The largest absolute Gasteiger partial charge is 0.333 e. The molecule has 0 unspecified atom stereocenters. The highest BCUT2D eigenvalue weighted by Crippen LogP contribution is 2.23. The average Bonchev–Trinajstić information content (AvgIpc) is 3.14. The van der Waals surface area contributed by atoms with Crippen molar-refractivity contribution in [2.75, 3.05) is 39.3 Å². The van der Waals surface area contributed by atoms with Crippen molar-refractivity contribution in [1.82, 2.24) is 25.3 Å². The SMILES string of the molecule is c1csc(-c2nc(CN3CC(N4CCNCC4)C3)no2)c1. The third-order valence-electron chi connectivity index (χ3n) is 4.17. The van der Waals surface area contributed by atoms with E-state index in [-0.39, 0.29) is 0 Å². The molecule has 0 saturated carbocycles. The van der Waals surface area contributed by atoms with Gasteiger partial charge in [-0.2, -0.15) is 4.98 Å². The molecule has 2 aliphatic rings. The molecule has 1 N–H and O–H groups in total. The summed E-state index contributed by atoms with van der Waals surface area (Å²) in [5, 5.41) is 9.51. The maximum Gasteiger partial charge on any atom is 0.268 e. The van der Waals surface area contributed by atoms with Crippen molar-refractivity contribution in [3.63, 3.8) is 0 Å². The summed E-state index contributed by atoms with van der Waals surface area (Å²) in [4.78, 5) is 10.5. The minimum absolute atomic E-state index is 0.638. The molecule has 7 heteroatoms. The van der Waals surface area contributed by atoms with Crippen molar-refractivity contribution < 1.29 is 4.52 Å². The van der Waals surface area contributed by atoms with Crippen LogP contribution in [0.1, 0.15) is 5.82 Å². The molecule has 2 aromatic rings. The molecular weight excluding hydrogens is 286 g/mol. The Labute approximate surface area is 127 Å². The fraction of sp³-hybridized carbons (Fsp3) is 0.571. The van der Waals surface area contributed by atoms with Crippen LogP contribution in [0.15, 0.2) is 22.0 Å². The Kier molecular flexibility index (Phi) is 3.72. The summed E-state index contributed by atoms with van der Waals surface area (Å²) in [5.74, 6) is 1.43. The number of likely N-dealkylation sites (tertiary alicyclic amines) is 1. The molecule has 2 aromatic heterocycles. The lowest BCUT2D eigenvalue weighted by Gasteiger charge is -2.46. The standard InChI is InChI=1S/C14H19N5OS/c1-2-12(21-7-1)14-16-13(17-20-14)10-18-8-11(9-18)19-5-3-15-4-6-19/h1-2,7,11,15H,3-6,8-10H2. The zero-order chi connectivity index (χ0) is 14.1. The van der Waals surface area contributed by atoms with E-state index < -0.39 is 0 Å². The lowest BCUT2D eigenvalue weighted by atomic mass is 10.1. The van der Waals surface area contributed by atoms with Crippen LogP contribution in [0.3, 0.4) is 0 Å². The zero-order valence-corrected chi connectivity index (χ0v) is 12.7. The molecule has 0 aliphatic carbocycles. The van der Waals surface area contributed by atoms with Gasteiger partial charge in [0.15, 0.2) is 5.82 Å². The molecule has 2 saturated heterocycles. The van der Waals surface area contributed by atoms with Gasteiger partial charge in [0.05, 0.1) is 11.4 Å². The van der Waals surface area contributed by atoms with E-state index in [0.717, 1.165) is 43.4 Å². The van der Waals surface area contributed by atoms with Gasteiger partial charge < -0.3 is 9.84 Å². The first kappa shape index (κ1) is 13.4. The first-order valence-electron chi connectivity index (χ1n) is 7.42. The molecule has 0 bridgehead atoms. The van der Waals surface area contributed by atoms with Gasteiger partial charge in [0.1, 0.15) is 0 Å². The summed E-state index contributed by atoms with van der Waals surface area (Å²) in [7, 11) is 0. The molecule has 2 aliphatic heterocycles. The van der Waals surface area contributed by atoms with Crippen LogP contribution in [-0.4, -0.2) is 65.3 Å². The Morgan fingerprint density at radius 2 is 2.19 bits per heavy atom. The van der Waals surface area contributed by atoms with Crippen molar-refractivity contribution in [3.05, 3.63) is 23.3 Å². The van der Waals surface area contributed by atoms with E-state index in [9.17, 15) is 0 Å². The summed E-state index contributed by atoms with van der Waals surface area (Å²) in [6.07, 6.45) is 0. The van der Waals surface area contributed by atoms with Crippen molar-refractivity contribution >= 4 is 11.3 Å². The molecule has 0 radical (unpaired) electrons. The van der Waals surface area contributed by atoms with Crippen molar-refractivity contribution in [2.24, 2.45) is 0 Å². The minimum Gasteiger partial charge on any atom is -0.333 e. The fourth-order valence-electron chi connectivity index (χ4n) is 2.97. The molecule has 4 rings (SSSR count). The van der Waals surface area contributed by atoms with E-state index in [1.54, 1.807) is 11.3 Å². The Morgan fingerprint density at radius 3 is 2.95 bits per heavy atom. The van der Waals surface area contributed by atoms with Crippen LogP contribution < -0.4 is 5.32 Å². The van der Waals surface area contributed by atoms with E-state index in [1.165, 1.54) is 13.1 Å². The smallest absolute Gasteiger partial charge is 0.268 e. The molecular formula is C14H19N5OS. The Morgan fingerprint density at radius 1 is 1.33 bits per heavy atom. The van der Waals surface area contributed by atoms with E-state index in [4.69, 9.17) is 4.52 Å². The first-order valence-corrected chi connectivity index (χ1v) is 8.30. The first-order chi connectivity index (χ1) is 10.4. The van der Waals surface area contributed by atoms with Crippen LogP contribution in [0.5, 0.6) is 0 Å². The third-order valence-corrected chi connectivity index (χ3v) is 5.03. The topological polar surface area (TPSA) is 57.4 Å².